The molecule has 0 bridgehead atoms. The van der Waals surface area contributed by atoms with Crippen molar-refractivity contribution in [3.05, 3.63) is 0 Å². The van der Waals surface area contributed by atoms with E-state index in [-0.39, 0.29) is 0 Å². The van der Waals surface area contributed by atoms with Crippen LogP contribution in [0.3, 0.4) is 0 Å². The third-order valence-electron chi connectivity index (χ3n) is 2.08. The first-order valence-electron chi connectivity index (χ1n) is 3.29. The van der Waals surface area contributed by atoms with Gasteiger partial charge in [0.1, 0.15) is 0 Å². The Balaban J connectivity index is 3.71. The molecule has 0 aromatic rings. The van der Waals surface area contributed by atoms with Gasteiger partial charge in [0.2, 0.25) is 0 Å². The monoisotopic (exact) mass is 152 g/mol. The summed E-state index contributed by atoms with van der Waals surface area (Å²) < 4.78 is 0. The Hall–Kier alpha value is 0.860. The second-order valence-corrected chi connectivity index (χ2v) is 11.8. The van der Waals surface area contributed by atoms with Gasteiger partial charge in [0.05, 0.1) is 0 Å². The van der Waals surface area contributed by atoms with Crippen molar-refractivity contribution in [2.45, 2.75) is 26.4 Å². The van der Waals surface area contributed by atoms with Gasteiger partial charge in [-0.3, -0.25) is 0 Å². The second-order valence-electron chi connectivity index (χ2n) is 3.01. The molecular formula is C6H18P2. The first kappa shape index (κ1) is 8.86. The van der Waals surface area contributed by atoms with E-state index in [1.807, 2.05) is 0 Å². The van der Waals surface area contributed by atoms with Crippen molar-refractivity contribution in [1.29, 1.82) is 0 Å². The molecule has 0 saturated heterocycles. The van der Waals surface area contributed by atoms with Gasteiger partial charge in [-0.05, 0) is 0 Å². The summed E-state index contributed by atoms with van der Waals surface area (Å²) in [6.07, 6.45) is 1.38. The molecule has 0 aliphatic carbocycles. The molecule has 8 heavy (non-hydrogen) atoms. The molecule has 1 unspecified atom stereocenters. The number of hydrogen-bond donors (Lipinski definition) is 0. The molecule has 0 amide bonds. The molecule has 0 spiro atoms. The van der Waals surface area contributed by atoms with Crippen LogP contribution >= 0.6 is 15.9 Å². The van der Waals surface area contributed by atoms with Crippen LogP contribution in [0, 0.1) is 0 Å². The number of rotatable bonds is 2. The van der Waals surface area contributed by atoms with Crippen LogP contribution in [0.15, 0.2) is 0 Å². The fourth-order valence-electron chi connectivity index (χ4n) is 0.408. The Morgan fingerprint density at radius 3 is 1.88 bits per heavy atom. The first-order chi connectivity index (χ1) is 3.50. The Bertz CT molecular complexity index is 66.9. The molecule has 2 heteroatoms. The summed E-state index contributed by atoms with van der Waals surface area (Å²) in [6.45, 7) is 8.52. The fraction of sp³-hybridized carbons (Fsp3) is 1.00. The van der Waals surface area contributed by atoms with Gasteiger partial charge in [-0.15, -0.1) is 0 Å². The molecule has 0 radical (unpaired) electrons. The quantitative estimate of drug-likeness (QED) is 0.533. The molecule has 0 aromatic heterocycles. The molecule has 0 N–H and O–H groups in total. The Morgan fingerprint density at radius 1 is 1.50 bits per heavy atom. The van der Waals surface area contributed by atoms with Crippen LogP contribution in [0.25, 0.3) is 0 Å². The zero-order valence-electron chi connectivity index (χ0n) is 6.36. The average Bonchev–Trinajstić information content (AvgIpc) is 1.67. The van der Waals surface area contributed by atoms with Crippen molar-refractivity contribution < 1.29 is 0 Å². The maximum absolute atomic E-state index is 3.05. The topological polar surface area (TPSA) is 0 Å². The molecular weight excluding hydrogens is 134 g/mol. The predicted molar refractivity (Wildman–Crippen MR) is 49.6 cm³/mol. The fourth-order valence-corrected chi connectivity index (χ4v) is 1.22. The molecule has 0 aromatic carbocycles. The summed E-state index contributed by atoms with van der Waals surface area (Å²) in [6, 6.07) is 0. The average molecular weight is 152 g/mol. The SMILES string of the molecule is CC[PH](C)(P)C(C)C. The van der Waals surface area contributed by atoms with Crippen molar-refractivity contribution in [3.63, 3.8) is 0 Å². The van der Waals surface area contributed by atoms with Gasteiger partial charge in [0.15, 0.2) is 0 Å². The van der Waals surface area contributed by atoms with E-state index in [4.69, 9.17) is 0 Å². The molecule has 0 rings (SSSR count). The Morgan fingerprint density at radius 2 is 1.88 bits per heavy atom. The standard InChI is InChI=1S/C6H18P2/c1-5-8(4,7)6(2)3/h6,8H,5,7H2,1-4H3. The zero-order valence-corrected chi connectivity index (χ0v) is 8.52. The van der Waals surface area contributed by atoms with Gasteiger partial charge < -0.3 is 0 Å². The van der Waals surface area contributed by atoms with Gasteiger partial charge in [0.25, 0.3) is 0 Å². The first-order valence-corrected chi connectivity index (χ1v) is 7.89. The van der Waals surface area contributed by atoms with Gasteiger partial charge in [-0.1, -0.05) is 0 Å². The van der Waals surface area contributed by atoms with Gasteiger partial charge in [0, 0.05) is 0 Å². The summed E-state index contributed by atoms with van der Waals surface area (Å²) >= 11 is 0. The van der Waals surface area contributed by atoms with E-state index in [1.54, 1.807) is 0 Å². The van der Waals surface area contributed by atoms with Gasteiger partial charge in [-0.25, -0.2) is 0 Å². The van der Waals surface area contributed by atoms with Crippen molar-refractivity contribution in [2.24, 2.45) is 0 Å². The molecule has 0 fully saturated rings. The van der Waals surface area contributed by atoms with E-state index < -0.39 is 6.95 Å². The second kappa shape index (κ2) is 3.14. The molecule has 0 saturated carbocycles. The van der Waals surface area contributed by atoms with Crippen LogP contribution in [0.4, 0.5) is 0 Å². The van der Waals surface area contributed by atoms with Crippen LogP contribution in [-0.4, -0.2) is 18.5 Å². The minimum atomic E-state index is -0.838. The predicted octanol–water partition coefficient (Wildman–Crippen LogP) is 2.58. The van der Waals surface area contributed by atoms with E-state index in [0.717, 1.165) is 5.66 Å². The van der Waals surface area contributed by atoms with Gasteiger partial charge >= 0.3 is 55.1 Å². The van der Waals surface area contributed by atoms with E-state index in [1.165, 1.54) is 6.16 Å². The van der Waals surface area contributed by atoms with E-state index in [0.29, 0.717) is 0 Å². The Labute approximate surface area is 55.9 Å². The normalized spacial score (nSPS) is 14.8. The van der Waals surface area contributed by atoms with Crippen LogP contribution in [0.5, 0.6) is 0 Å². The molecule has 0 heterocycles. The third kappa shape index (κ3) is 2.42. The summed E-state index contributed by atoms with van der Waals surface area (Å²) in [4.78, 5) is 0. The van der Waals surface area contributed by atoms with E-state index >= 15 is 0 Å². The van der Waals surface area contributed by atoms with Crippen LogP contribution in [-0.2, 0) is 0 Å². The van der Waals surface area contributed by atoms with Crippen LogP contribution in [0.1, 0.15) is 20.8 Å². The van der Waals surface area contributed by atoms with Crippen molar-refractivity contribution >= 4 is 15.9 Å². The van der Waals surface area contributed by atoms with Crippen LogP contribution in [0.2, 0.25) is 0 Å². The van der Waals surface area contributed by atoms with Crippen LogP contribution < -0.4 is 0 Å². The van der Waals surface area contributed by atoms with Crippen molar-refractivity contribution in [1.82, 2.24) is 0 Å². The summed E-state index contributed by atoms with van der Waals surface area (Å²) in [5, 5.41) is 0. The minimum absolute atomic E-state index is 0.838. The summed E-state index contributed by atoms with van der Waals surface area (Å²) in [5.41, 5.74) is 0.914. The third-order valence-corrected chi connectivity index (χ3v) is 9.47. The maximum atomic E-state index is 3.05. The van der Waals surface area contributed by atoms with Gasteiger partial charge in [-0.2, -0.15) is 0 Å². The number of hydrogen-bond acceptors (Lipinski definition) is 0. The summed E-state index contributed by atoms with van der Waals surface area (Å²) in [5.74, 6) is 0. The summed E-state index contributed by atoms with van der Waals surface area (Å²) in [7, 11) is 3.05. The molecule has 52 valence electrons. The Kier molecular flexibility index (Phi) is 3.47. The van der Waals surface area contributed by atoms with Crippen molar-refractivity contribution in [2.75, 3.05) is 12.8 Å². The zero-order chi connectivity index (χ0) is 6.78. The van der Waals surface area contributed by atoms with Crippen molar-refractivity contribution in [3.8, 4) is 0 Å². The molecule has 1 atom stereocenters. The molecule has 0 aliphatic heterocycles. The molecule has 0 aliphatic rings. The van der Waals surface area contributed by atoms with E-state index in [2.05, 4.69) is 36.4 Å². The van der Waals surface area contributed by atoms with E-state index in [9.17, 15) is 0 Å². The molecule has 0 nitrogen and oxygen atoms in total.